The Morgan fingerprint density at radius 1 is 1.11 bits per heavy atom. The zero-order valence-corrected chi connectivity index (χ0v) is 10.6. The summed E-state index contributed by atoms with van der Waals surface area (Å²) in [6.07, 6.45) is 2.39. The van der Waals surface area contributed by atoms with Crippen LogP contribution in [0, 0.1) is 23.4 Å². The molecule has 0 fully saturated rings. The number of nitrogens with one attached hydrogen (secondary N) is 1. The topological polar surface area (TPSA) is 38.0 Å². The average molecular weight is 260 g/mol. The van der Waals surface area contributed by atoms with Gasteiger partial charge in [0.15, 0.2) is 17.5 Å². The number of hydrogen-bond donors (Lipinski definition) is 2. The maximum Gasteiger partial charge on any atom is 0.194 e. The van der Waals surface area contributed by atoms with Crippen LogP contribution in [-0.4, -0.2) is 0 Å². The molecule has 0 saturated heterocycles. The number of nitrogens with two attached hydrogens (primary N) is 1. The van der Waals surface area contributed by atoms with Crippen molar-refractivity contribution in [3.63, 3.8) is 0 Å². The van der Waals surface area contributed by atoms with Gasteiger partial charge in [-0.05, 0) is 18.4 Å². The van der Waals surface area contributed by atoms with Crippen LogP contribution in [0.5, 0.6) is 0 Å². The Morgan fingerprint density at radius 2 is 1.78 bits per heavy atom. The zero-order valence-electron chi connectivity index (χ0n) is 10.6. The van der Waals surface area contributed by atoms with E-state index in [4.69, 9.17) is 5.84 Å². The third-order valence-electron chi connectivity index (χ3n) is 2.92. The minimum Gasteiger partial charge on any atom is -0.271 e. The summed E-state index contributed by atoms with van der Waals surface area (Å²) >= 11 is 0. The van der Waals surface area contributed by atoms with Crippen LogP contribution in [0.2, 0.25) is 0 Å². The second kappa shape index (κ2) is 6.75. The van der Waals surface area contributed by atoms with Gasteiger partial charge >= 0.3 is 0 Å². The summed E-state index contributed by atoms with van der Waals surface area (Å²) in [7, 11) is 0. The second-order valence-electron chi connectivity index (χ2n) is 4.81. The van der Waals surface area contributed by atoms with Crippen LogP contribution in [0.25, 0.3) is 0 Å². The molecule has 0 spiro atoms. The first-order valence-electron chi connectivity index (χ1n) is 6.06. The van der Waals surface area contributed by atoms with Gasteiger partial charge in [0.2, 0.25) is 0 Å². The fraction of sp³-hybridized carbons (Fsp3) is 0.538. The summed E-state index contributed by atoms with van der Waals surface area (Å²) in [5.74, 6) is 2.09. The molecule has 0 aromatic heterocycles. The molecule has 1 rings (SSSR count). The van der Waals surface area contributed by atoms with Crippen molar-refractivity contribution in [2.75, 3.05) is 0 Å². The molecule has 0 bridgehead atoms. The Hall–Kier alpha value is -1.07. The van der Waals surface area contributed by atoms with Crippen molar-refractivity contribution in [2.24, 2.45) is 11.8 Å². The third-order valence-corrected chi connectivity index (χ3v) is 2.92. The summed E-state index contributed by atoms with van der Waals surface area (Å²) < 4.78 is 39.5. The molecule has 1 aromatic rings. The summed E-state index contributed by atoms with van der Waals surface area (Å²) in [4.78, 5) is 0. The Balaban J connectivity index is 2.79. The molecule has 0 heterocycles. The minimum absolute atomic E-state index is 0.0696. The SMILES string of the molecule is CC(C)CCCC(NN)c1ccc(F)c(F)c1F. The van der Waals surface area contributed by atoms with Crippen LogP contribution in [-0.2, 0) is 0 Å². The van der Waals surface area contributed by atoms with Crippen molar-refractivity contribution in [1.82, 2.24) is 5.43 Å². The predicted octanol–water partition coefficient (Wildman–Crippen LogP) is 3.43. The van der Waals surface area contributed by atoms with Crippen LogP contribution in [0.3, 0.4) is 0 Å². The molecule has 3 N–H and O–H groups in total. The highest BCUT2D eigenvalue weighted by atomic mass is 19.2. The largest absolute Gasteiger partial charge is 0.271 e. The van der Waals surface area contributed by atoms with Crippen LogP contribution in [0.1, 0.15) is 44.7 Å². The van der Waals surface area contributed by atoms with Crippen LogP contribution >= 0.6 is 0 Å². The fourth-order valence-electron chi connectivity index (χ4n) is 1.87. The molecule has 0 amide bonds. The van der Waals surface area contributed by atoms with E-state index in [2.05, 4.69) is 19.3 Å². The van der Waals surface area contributed by atoms with E-state index in [0.717, 1.165) is 18.9 Å². The van der Waals surface area contributed by atoms with Crippen molar-refractivity contribution in [3.05, 3.63) is 35.1 Å². The highest BCUT2D eigenvalue weighted by molar-refractivity contribution is 5.23. The Morgan fingerprint density at radius 3 is 2.33 bits per heavy atom. The molecule has 0 aliphatic rings. The molecule has 0 aliphatic carbocycles. The number of rotatable bonds is 6. The van der Waals surface area contributed by atoms with Crippen LogP contribution in [0.4, 0.5) is 13.2 Å². The zero-order chi connectivity index (χ0) is 13.7. The van der Waals surface area contributed by atoms with Crippen molar-refractivity contribution >= 4 is 0 Å². The molecule has 0 saturated carbocycles. The molecule has 1 atom stereocenters. The van der Waals surface area contributed by atoms with E-state index in [-0.39, 0.29) is 5.56 Å². The first kappa shape index (κ1) is 15.0. The molecule has 102 valence electrons. The lowest BCUT2D eigenvalue weighted by atomic mass is 9.98. The van der Waals surface area contributed by atoms with E-state index in [1.54, 1.807) is 0 Å². The van der Waals surface area contributed by atoms with Crippen molar-refractivity contribution < 1.29 is 13.2 Å². The summed E-state index contributed by atoms with van der Waals surface area (Å²) in [6.45, 7) is 4.17. The average Bonchev–Trinajstić information content (AvgIpc) is 2.33. The van der Waals surface area contributed by atoms with Crippen molar-refractivity contribution in [1.29, 1.82) is 0 Å². The second-order valence-corrected chi connectivity index (χ2v) is 4.81. The molecule has 5 heteroatoms. The van der Waals surface area contributed by atoms with E-state index < -0.39 is 23.5 Å². The van der Waals surface area contributed by atoms with Gasteiger partial charge in [0.05, 0.1) is 0 Å². The third kappa shape index (κ3) is 3.71. The van der Waals surface area contributed by atoms with Gasteiger partial charge in [-0.15, -0.1) is 0 Å². The van der Waals surface area contributed by atoms with Crippen LogP contribution < -0.4 is 11.3 Å². The lowest BCUT2D eigenvalue weighted by Gasteiger charge is -2.17. The summed E-state index contributed by atoms with van der Waals surface area (Å²) in [6, 6.07) is 1.65. The highest BCUT2D eigenvalue weighted by Gasteiger charge is 2.19. The molecule has 18 heavy (non-hydrogen) atoms. The quantitative estimate of drug-likeness (QED) is 0.467. The maximum atomic E-state index is 13.6. The molecule has 0 radical (unpaired) electrons. The summed E-state index contributed by atoms with van der Waals surface area (Å²) in [5, 5.41) is 0. The Kier molecular flexibility index (Phi) is 5.62. The van der Waals surface area contributed by atoms with Gasteiger partial charge < -0.3 is 0 Å². The number of benzene rings is 1. The Labute approximate surface area is 105 Å². The first-order chi connectivity index (χ1) is 8.47. The molecular formula is C13H19F3N2. The number of hydrogen-bond acceptors (Lipinski definition) is 2. The van der Waals surface area contributed by atoms with Gasteiger partial charge in [-0.25, -0.2) is 13.2 Å². The van der Waals surface area contributed by atoms with Gasteiger partial charge in [-0.3, -0.25) is 11.3 Å². The molecule has 0 aliphatic heterocycles. The van der Waals surface area contributed by atoms with Gasteiger partial charge in [0.1, 0.15) is 0 Å². The lowest BCUT2D eigenvalue weighted by molar-refractivity contribution is 0.407. The van der Waals surface area contributed by atoms with E-state index >= 15 is 0 Å². The van der Waals surface area contributed by atoms with Gasteiger partial charge in [-0.2, -0.15) is 0 Å². The van der Waals surface area contributed by atoms with Crippen LogP contribution in [0.15, 0.2) is 12.1 Å². The highest BCUT2D eigenvalue weighted by Crippen LogP contribution is 2.25. The molecular weight excluding hydrogens is 241 g/mol. The van der Waals surface area contributed by atoms with Gasteiger partial charge in [-0.1, -0.05) is 32.8 Å². The minimum atomic E-state index is -1.45. The number of halogens is 3. The fourth-order valence-corrected chi connectivity index (χ4v) is 1.87. The predicted molar refractivity (Wildman–Crippen MR) is 65.1 cm³/mol. The molecule has 2 nitrogen and oxygen atoms in total. The maximum absolute atomic E-state index is 13.6. The standard InChI is InChI=1S/C13H19F3N2/c1-8(2)4-3-5-11(18-17)9-6-7-10(14)13(16)12(9)15/h6-8,11,18H,3-5,17H2,1-2H3. The summed E-state index contributed by atoms with van der Waals surface area (Å²) in [5.41, 5.74) is 2.52. The van der Waals surface area contributed by atoms with E-state index in [1.807, 2.05) is 0 Å². The smallest absolute Gasteiger partial charge is 0.194 e. The molecule has 1 unspecified atom stereocenters. The monoisotopic (exact) mass is 260 g/mol. The van der Waals surface area contributed by atoms with E-state index in [9.17, 15) is 13.2 Å². The number of hydrazine groups is 1. The molecule has 1 aromatic carbocycles. The van der Waals surface area contributed by atoms with E-state index in [0.29, 0.717) is 12.3 Å². The lowest BCUT2D eigenvalue weighted by Crippen LogP contribution is -2.29. The van der Waals surface area contributed by atoms with Gasteiger partial charge in [0, 0.05) is 11.6 Å². The Bertz CT molecular complexity index is 394. The van der Waals surface area contributed by atoms with Gasteiger partial charge in [0.25, 0.3) is 0 Å². The normalized spacial score (nSPS) is 13.1. The van der Waals surface area contributed by atoms with Crippen molar-refractivity contribution in [3.8, 4) is 0 Å². The van der Waals surface area contributed by atoms with E-state index in [1.165, 1.54) is 6.07 Å². The van der Waals surface area contributed by atoms with Crippen molar-refractivity contribution in [2.45, 2.75) is 39.2 Å². The first-order valence-corrected chi connectivity index (χ1v) is 6.06.